The van der Waals surface area contributed by atoms with E-state index in [4.69, 9.17) is 4.74 Å². The standard InChI is InChI=1S/C17H20N2O4S/c1-12(13-7-9-16(10-8-13)24(3,21)22)18-17(20)19-14-5-4-6-15(11-14)23-2/h4-12H,1-3H3,(H2,18,19,20)/t12-/m0/s1. The number of ether oxygens (including phenoxy) is 1. The number of urea groups is 1. The number of benzene rings is 2. The maximum Gasteiger partial charge on any atom is 0.319 e. The van der Waals surface area contributed by atoms with Gasteiger partial charge in [0, 0.05) is 18.0 Å². The smallest absolute Gasteiger partial charge is 0.319 e. The van der Waals surface area contributed by atoms with E-state index < -0.39 is 9.84 Å². The molecule has 7 heteroatoms. The lowest BCUT2D eigenvalue weighted by Crippen LogP contribution is -2.31. The van der Waals surface area contributed by atoms with Gasteiger partial charge in [0.25, 0.3) is 0 Å². The zero-order valence-corrected chi connectivity index (χ0v) is 14.6. The van der Waals surface area contributed by atoms with Crippen LogP contribution in [0.1, 0.15) is 18.5 Å². The molecule has 2 aromatic rings. The number of amides is 2. The summed E-state index contributed by atoms with van der Waals surface area (Å²) < 4.78 is 28.0. The van der Waals surface area contributed by atoms with Crippen molar-refractivity contribution in [2.75, 3.05) is 18.7 Å². The third-order valence-corrected chi connectivity index (χ3v) is 4.61. The summed E-state index contributed by atoms with van der Waals surface area (Å²) in [5.74, 6) is 0.650. The molecule has 0 radical (unpaired) electrons. The molecule has 6 nitrogen and oxygen atoms in total. The first-order chi connectivity index (χ1) is 11.3. The summed E-state index contributed by atoms with van der Waals surface area (Å²) >= 11 is 0. The minimum Gasteiger partial charge on any atom is -0.497 e. The number of nitrogens with one attached hydrogen (secondary N) is 2. The van der Waals surface area contributed by atoms with Gasteiger partial charge in [-0.25, -0.2) is 13.2 Å². The van der Waals surface area contributed by atoms with Crippen LogP contribution in [0.4, 0.5) is 10.5 Å². The van der Waals surface area contributed by atoms with Crippen LogP contribution in [-0.2, 0) is 9.84 Å². The maximum absolute atomic E-state index is 12.1. The minimum absolute atomic E-state index is 0.249. The molecule has 2 aromatic carbocycles. The Morgan fingerprint density at radius 2 is 1.79 bits per heavy atom. The van der Waals surface area contributed by atoms with Crippen molar-refractivity contribution >= 4 is 21.6 Å². The molecule has 0 aliphatic carbocycles. The Kier molecular flexibility index (Phi) is 5.46. The van der Waals surface area contributed by atoms with Crippen LogP contribution in [0.25, 0.3) is 0 Å². The molecule has 1 atom stereocenters. The molecule has 0 saturated heterocycles. The summed E-state index contributed by atoms with van der Waals surface area (Å²) in [6.07, 6.45) is 1.16. The highest BCUT2D eigenvalue weighted by atomic mass is 32.2. The van der Waals surface area contributed by atoms with Gasteiger partial charge in [-0.05, 0) is 36.8 Å². The van der Waals surface area contributed by atoms with Crippen molar-refractivity contribution < 1.29 is 17.9 Å². The van der Waals surface area contributed by atoms with E-state index in [9.17, 15) is 13.2 Å². The fraction of sp³-hybridized carbons (Fsp3) is 0.235. The largest absolute Gasteiger partial charge is 0.497 e. The van der Waals surface area contributed by atoms with E-state index in [2.05, 4.69) is 10.6 Å². The molecule has 0 unspecified atom stereocenters. The summed E-state index contributed by atoms with van der Waals surface area (Å²) in [5.41, 5.74) is 1.43. The van der Waals surface area contributed by atoms with E-state index in [-0.39, 0.29) is 17.0 Å². The predicted octanol–water partition coefficient (Wildman–Crippen LogP) is 2.98. The normalized spacial score (nSPS) is 12.3. The highest BCUT2D eigenvalue weighted by Crippen LogP contribution is 2.18. The molecule has 2 N–H and O–H groups in total. The summed E-state index contributed by atoms with van der Waals surface area (Å²) in [6.45, 7) is 1.82. The molecular weight excluding hydrogens is 328 g/mol. The van der Waals surface area contributed by atoms with Gasteiger partial charge in [-0.15, -0.1) is 0 Å². The van der Waals surface area contributed by atoms with Crippen LogP contribution in [0.5, 0.6) is 5.75 Å². The van der Waals surface area contributed by atoms with Crippen molar-refractivity contribution in [2.24, 2.45) is 0 Å². The van der Waals surface area contributed by atoms with Gasteiger partial charge in [0.15, 0.2) is 9.84 Å². The highest BCUT2D eigenvalue weighted by molar-refractivity contribution is 7.90. The Labute approximate surface area is 141 Å². The molecule has 0 spiro atoms. The molecule has 0 bridgehead atoms. The maximum atomic E-state index is 12.1. The third-order valence-electron chi connectivity index (χ3n) is 3.48. The van der Waals surface area contributed by atoms with Gasteiger partial charge in [-0.1, -0.05) is 18.2 Å². The fourth-order valence-corrected chi connectivity index (χ4v) is 2.78. The van der Waals surface area contributed by atoms with Crippen molar-refractivity contribution in [3.8, 4) is 5.75 Å². The lowest BCUT2D eigenvalue weighted by atomic mass is 10.1. The second-order valence-electron chi connectivity index (χ2n) is 5.39. The van der Waals surface area contributed by atoms with Crippen molar-refractivity contribution in [1.82, 2.24) is 5.32 Å². The number of hydrogen-bond donors (Lipinski definition) is 2. The van der Waals surface area contributed by atoms with E-state index in [0.717, 1.165) is 11.8 Å². The molecule has 24 heavy (non-hydrogen) atoms. The lowest BCUT2D eigenvalue weighted by molar-refractivity contribution is 0.249. The summed E-state index contributed by atoms with van der Waals surface area (Å²) in [7, 11) is -1.67. The monoisotopic (exact) mass is 348 g/mol. The number of sulfone groups is 1. The van der Waals surface area contributed by atoms with Crippen LogP contribution in [0.2, 0.25) is 0 Å². The quantitative estimate of drug-likeness (QED) is 0.870. The summed E-state index contributed by atoms with van der Waals surface area (Å²) in [6, 6.07) is 12.8. The predicted molar refractivity (Wildman–Crippen MR) is 93.1 cm³/mol. The number of hydrogen-bond acceptors (Lipinski definition) is 4. The topological polar surface area (TPSA) is 84.5 Å². The zero-order valence-electron chi connectivity index (χ0n) is 13.7. The van der Waals surface area contributed by atoms with E-state index in [1.807, 2.05) is 6.92 Å². The lowest BCUT2D eigenvalue weighted by Gasteiger charge is -2.15. The molecule has 0 aliphatic heterocycles. The zero-order chi connectivity index (χ0) is 17.7. The Balaban J connectivity index is 2.00. The third kappa shape index (κ3) is 4.73. The molecule has 128 valence electrons. The number of methoxy groups -OCH3 is 1. The van der Waals surface area contributed by atoms with Crippen LogP contribution in [0.3, 0.4) is 0 Å². The van der Waals surface area contributed by atoms with Crippen molar-refractivity contribution in [3.05, 3.63) is 54.1 Å². The highest BCUT2D eigenvalue weighted by Gasteiger charge is 2.12. The Morgan fingerprint density at radius 3 is 2.38 bits per heavy atom. The van der Waals surface area contributed by atoms with Crippen LogP contribution >= 0.6 is 0 Å². The second-order valence-corrected chi connectivity index (χ2v) is 7.41. The average molecular weight is 348 g/mol. The first-order valence-electron chi connectivity index (χ1n) is 7.31. The first kappa shape index (κ1) is 17.8. The van der Waals surface area contributed by atoms with Crippen LogP contribution in [0, 0.1) is 0 Å². The molecule has 2 amide bonds. The van der Waals surface area contributed by atoms with E-state index >= 15 is 0 Å². The number of rotatable bonds is 5. The van der Waals surface area contributed by atoms with Gasteiger partial charge in [0.1, 0.15) is 5.75 Å². The molecule has 0 fully saturated rings. The van der Waals surface area contributed by atoms with Gasteiger partial charge in [0.2, 0.25) is 0 Å². The second kappa shape index (κ2) is 7.35. The SMILES string of the molecule is COc1cccc(NC(=O)N[C@@H](C)c2ccc(S(C)(=O)=O)cc2)c1. The fourth-order valence-electron chi connectivity index (χ4n) is 2.15. The summed E-state index contributed by atoms with van der Waals surface area (Å²) in [5, 5.41) is 5.53. The van der Waals surface area contributed by atoms with Gasteiger partial charge in [0.05, 0.1) is 18.0 Å². The Bertz CT molecular complexity index is 817. The molecular formula is C17H20N2O4S. The Morgan fingerprint density at radius 1 is 1.12 bits per heavy atom. The van der Waals surface area contributed by atoms with Gasteiger partial charge >= 0.3 is 6.03 Å². The summed E-state index contributed by atoms with van der Waals surface area (Å²) in [4.78, 5) is 12.3. The van der Waals surface area contributed by atoms with Crippen molar-refractivity contribution in [2.45, 2.75) is 17.9 Å². The van der Waals surface area contributed by atoms with Crippen LogP contribution in [0.15, 0.2) is 53.4 Å². The van der Waals surface area contributed by atoms with Gasteiger partial charge < -0.3 is 15.4 Å². The van der Waals surface area contributed by atoms with Crippen molar-refractivity contribution in [1.29, 1.82) is 0 Å². The van der Waals surface area contributed by atoms with Gasteiger partial charge in [-0.3, -0.25) is 0 Å². The Hall–Kier alpha value is -2.54. The minimum atomic E-state index is -3.23. The van der Waals surface area contributed by atoms with E-state index in [1.54, 1.807) is 43.5 Å². The van der Waals surface area contributed by atoms with Gasteiger partial charge in [-0.2, -0.15) is 0 Å². The molecule has 2 rings (SSSR count). The average Bonchev–Trinajstić information content (AvgIpc) is 2.54. The van der Waals surface area contributed by atoms with E-state index in [0.29, 0.717) is 11.4 Å². The molecule has 0 heterocycles. The molecule has 0 aromatic heterocycles. The van der Waals surface area contributed by atoms with Crippen LogP contribution < -0.4 is 15.4 Å². The van der Waals surface area contributed by atoms with E-state index in [1.165, 1.54) is 12.1 Å². The number of anilines is 1. The number of carbonyl (C=O) groups excluding carboxylic acids is 1. The molecule has 0 aliphatic rings. The first-order valence-corrected chi connectivity index (χ1v) is 9.20. The van der Waals surface area contributed by atoms with Crippen molar-refractivity contribution in [3.63, 3.8) is 0 Å². The van der Waals surface area contributed by atoms with Crippen LogP contribution in [-0.4, -0.2) is 27.8 Å². The molecule has 0 saturated carbocycles. The number of carbonyl (C=O) groups is 1.